The minimum atomic E-state index is -0.642. The van der Waals surface area contributed by atoms with E-state index in [9.17, 15) is 9.59 Å². The molecule has 0 aromatic heterocycles. The van der Waals surface area contributed by atoms with Crippen LogP contribution in [0.25, 0.3) is 33.3 Å². The van der Waals surface area contributed by atoms with Crippen molar-refractivity contribution in [1.29, 1.82) is 0 Å². The van der Waals surface area contributed by atoms with Gasteiger partial charge in [0.1, 0.15) is 18.0 Å². The standard InChI is InChI=1S/C32H30N2O4/c1-32(2,3)38-31(36)33-25-16-10-8-14-23(25)29-24-15-9-11-17-26(24)34(4)27-18-22(19-28(35)30(27)29)37-20-21-12-6-5-7-13-21/h5-19H,20H2,1-4H3,(H,33,36). The number of ether oxygens (including phenoxy) is 2. The van der Waals surface area contributed by atoms with Crippen LogP contribution in [0, 0.1) is 0 Å². The van der Waals surface area contributed by atoms with Crippen LogP contribution in [-0.2, 0) is 18.4 Å². The van der Waals surface area contributed by atoms with Crippen LogP contribution in [0.15, 0.2) is 95.8 Å². The van der Waals surface area contributed by atoms with Crippen LogP contribution in [0.2, 0.25) is 0 Å². The summed E-state index contributed by atoms with van der Waals surface area (Å²) in [5.74, 6) is 0.503. The van der Waals surface area contributed by atoms with Gasteiger partial charge < -0.3 is 14.0 Å². The molecule has 0 bridgehead atoms. The van der Waals surface area contributed by atoms with E-state index < -0.39 is 11.7 Å². The molecule has 0 unspecified atom stereocenters. The smallest absolute Gasteiger partial charge is 0.412 e. The Morgan fingerprint density at radius 3 is 2.32 bits per heavy atom. The van der Waals surface area contributed by atoms with E-state index in [-0.39, 0.29) is 5.43 Å². The third-order valence-electron chi connectivity index (χ3n) is 6.28. The minimum absolute atomic E-state index is 0.158. The molecule has 6 nitrogen and oxygen atoms in total. The Balaban J connectivity index is 1.68. The summed E-state index contributed by atoms with van der Waals surface area (Å²) >= 11 is 0. The molecule has 0 spiro atoms. The summed E-state index contributed by atoms with van der Waals surface area (Å²) in [5, 5.41) is 3.78. The first kappa shape index (κ1) is 25.1. The number of hydrogen-bond acceptors (Lipinski definition) is 4. The summed E-state index contributed by atoms with van der Waals surface area (Å²) in [7, 11) is 1.94. The van der Waals surface area contributed by atoms with Crippen LogP contribution >= 0.6 is 0 Å². The first-order chi connectivity index (χ1) is 18.2. The number of carbonyl (C=O) groups is 1. The second-order valence-electron chi connectivity index (χ2n) is 10.2. The van der Waals surface area contributed by atoms with Crippen molar-refractivity contribution < 1.29 is 14.3 Å². The Labute approximate surface area is 221 Å². The third kappa shape index (κ3) is 5.11. The highest BCUT2D eigenvalue weighted by atomic mass is 16.6. The summed E-state index contributed by atoms with van der Waals surface area (Å²) in [5.41, 5.74) is 4.50. The van der Waals surface area contributed by atoms with Gasteiger partial charge in [-0.05, 0) is 38.5 Å². The van der Waals surface area contributed by atoms with Crippen molar-refractivity contribution in [3.8, 4) is 28.1 Å². The van der Waals surface area contributed by atoms with Crippen molar-refractivity contribution in [3.63, 3.8) is 0 Å². The number of nitrogens with zero attached hydrogens (tertiary/aromatic N) is 1. The molecule has 3 aromatic carbocycles. The molecular formula is C32H30N2O4. The maximum Gasteiger partial charge on any atom is 0.412 e. The van der Waals surface area contributed by atoms with Crippen LogP contribution in [0.1, 0.15) is 26.3 Å². The SMILES string of the molecule is Cn1c2cc(OCc3ccccc3)cc(=O)c-2c(-c2ccccc2NC(=O)OC(C)(C)C)c2ccccc21. The molecule has 0 radical (unpaired) electrons. The van der Waals surface area contributed by atoms with Crippen LogP contribution < -0.4 is 15.5 Å². The fourth-order valence-corrected chi connectivity index (χ4v) is 4.66. The molecule has 38 heavy (non-hydrogen) atoms. The van der Waals surface area contributed by atoms with Crippen LogP contribution in [-0.4, -0.2) is 16.3 Å². The highest BCUT2D eigenvalue weighted by Crippen LogP contribution is 2.42. The first-order valence-corrected chi connectivity index (χ1v) is 12.5. The molecule has 1 heterocycles. The van der Waals surface area contributed by atoms with Crippen LogP contribution in [0.5, 0.6) is 5.75 Å². The third-order valence-corrected chi connectivity index (χ3v) is 6.28. The average Bonchev–Trinajstić information content (AvgIpc) is 2.88. The number of benzene rings is 4. The fraction of sp³-hybridized carbons (Fsp3) is 0.188. The first-order valence-electron chi connectivity index (χ1n) is 12.5. The molecule has 6 heteroatoms. The molecule has 0 atom stereocenters. The van der Waals surface area contributed by atoms with Crippen molar-refractivity contribution in [2.45, 2.75) is 33.0 Å². The van der Waals surface area contributed by atoms with Gasteiger partial charge >= 0.3 is 6.09 Å². The van der Waals surface area contributed by atoms with Gasteiger partial charge in [0.25, 0.3) is 0 Å². The van der Waals surface area contributed by atoms with E-state index in [4.69, 9.17) is 9.47 Å². The van der Waals surface area contributed by atoms with E-state index in [0.29, 0.717) is 23.6 Å². The number of para-hydroxylation sites is 2. The lowest BCUT2D eigenvalue weighted by Gasteiger charge is -2.23. The molecular weight excluding hydrogens is 476 g/mol. The van der Waals surface area contributed by atoms with E-state index in [0.717, 1.165) is 33.3 Å². The number of hydrogen-bond donors (Lipinski definition) is 1. The summed E-state index contributed by atoms with van der Waals surface area (Å²) in [4.78, 5) is 26.4. The monoisotopic (exact) mass is 506 g/mol. The molecule has 192 valence electrons. The Morgan fingerprint density at radius 2 is 1.55 bits per heavy atom. The van der Waals surface area contributed by atoms with Gasteiger partial charge in [-0.25, -0.2) is 4.79 Å². The molecule has 3 aromatic rings. The summed E-state index contributed by atoms with van der Waals surface area (Å²) in [6.07, 6.45) is -0.556. The Kier molecular flexibility index (Phi) is 6.64. The number of aromatic nitrogens is 1. The largest absolute Gasteiger partial charge is 0.489 e. The zero-order valence-electron chi connectivity index (χ0n) is 21.9. The van der Waals surface area contributed by atoms with Crippen molar-refractivity contribution in [3.05, 3.63) is 107 Å². The van der Waals surface area contributed by atoms with E-state index >= 15 is 0 Å². The van der Waals surface area contributed by atoms with Crippen LogP contribution in [0.3, 0.4) is 0 Å². The molecule has 1 amide bonds. The highest BCUT2D eigenvalue weighted by molar-refractivity contribution is 6.07. The van der Waals surface area contributed by atoms with Gasteiger partial charge in [-0.15, -0.1) is 0 Å². The zero-order valence-corrected chi connectivity index (χ0v) is 21.9. The molecule has 1 aliphatic carbocycles. The summed E-state index contributed by atoms with van der Waals surface area (Å²) < 4.78 is 13.5. The fourth-order valence-electron chi connectivity index (χ4n) is 4.66. The predicted octanol–water partition coefficient (Wildman–Crippen LogP) is 7.24. The van der Waals surface area contributed by atoms with Gasteiger partial charge in [-0.1, -0.05) is 66.7 Å². The Hall–Kier alpha value is -4.58. The van der Waals surface area contributed by atoms with Gasteiger partial charge in [-0.3, -0.25) is 10.1 Å². The molecule has 0 saturated heterocycles. The van der Waals surface area contributed by atoms with Crippen molar-refractivity contribution in [1.82, 2.24) is 4.57 Å². The lowest BCUT2D eigenvalue weighted by molar-refractivity contribution is 0.0636. The molecule has 0 fully saturated rings. The molecule has 2 aliphatic rings. The number of fused-ring (bicyclic) bond motifs is 2. The average molecular weight is 507 g/mol. The van der Waals surface area contributed by atoms with Gasteiger partial charge in [0.2, 0.25) is 0 Å². The lowest BCUT2D eigenvalue weighted by Crippen LogP contribution is -2.27. The van der Waals surface area contributed by atoms with E-state index in [2.05, 4.69) is 5.32 Å². The number of nitrogens with one attached hydrogen (secondary N) is 1. The van der Waals surface area contributed by atoms with Gasteiger partial charge in [0.05, 0.1) is 16.9 Å². The molecule has 0 saturated carbocycles. The van der Waals surface area contributed by atoms with Gasteiger partial charge in [0, 0.05) is 41.2 Å². The number of anilines is 1. The van der Waals surface area contributed by atoms with E-state index in [1.165, 1.54) is 6.07 Å². The number of rotatable bonds is 5. The summed E-state index contributed by atoms with van der Waals surface area (Å²) in [6, 6.07) is 28.7. The van der Waals surface area contributed by atoms with Crippen molar-refractivity contribution in [2.75, 3.05) is 5.32 Å². The number of carbonyl (C=O) groups excluding carboxylic acids is 1. The van der Waals surface area contributed by atoms with Crippen molar-refractivity contribution in [2.24, 2.45) is 7.05 Å². The quantitative estimate of drug-likeness (QED) is 0.255. The maximum atomic E-state index is 13.7. The zero-order chi connectivity index (χ0) is 26.9. The maximum absolute atomic E-state index is 13.7. The molecule has 5 rings (SSSR count). The second-order valence-corrected chi connectivity index (χ2v) is 10.2. The van der Waals surface area contributed by atoms with Crippen LogP contribution in [0.4, 0.5) is 10.5 Å². The number of pyridine rings is 1. The van der Waals surface area contributed by atoms with Gasteiger partial charge in [-0.2, -0.15) is 0 Å². The Bertz CT molecular complexity index is 1650. The number of aryl methyl sites for hydroxylation is 1. The van der Waals surface area contributed by atoms with E-state index in [1.54, 1.807) is 0 Å². The van der Waals surface area contributed by atoms with E-state index in [1.807, 2.05) is 117 Å². The molecule has 1 aliphatic heterocycles. The number of amides is 1. The minimum Gasteiger partial charge on any atom is -0.489 e. The Morgan fingerprint density at radius 1 is 0.868 bits per heavy atom. The topological polar surface area (TPSA) is 69.6 Å². The molecule has 1 N–H and O–H groups in total. The second kappa shape index (κ2) is 10.1. The normalized spacial score (nSPS) is 11.5. The summed E-state index contributed by atoms with van der Waals surface area (Å²) in [6.45, 7) is 5.81. The van der Waals surface area contributed by atoms with Crippen molar-refractivity contribution >= 4 is 22.7 Å². The highest BCUT2D eigenvalue weighted by Gasteiger charge is 2.24. The predicted molar refractivity (Wildman–Crippen MR) is 152 cm³/mol. The van der Waals surface area contributed by atoms with Gasteiger partial charge in [0.15, 0.2) is 5.43 Å². The lowest BCUT2D eigenvalue weighted by atomic mass is 9.90.